The molecular weight excluding hydrogens is 442 g/mol. The number of fused-ring (bicyclic) bond motifs is 1. The van der Waals surface area contributed by atoms with E-state index in [0.717, 1.165) is 19.3 Å². The number of nitrogens with zero attached hydrogens (tertiary/aromatic N) is 6. The Bertz CT molecular complexity index is 1350. The van der Waals surface area contributed by atoms with Crippen LogP contribution in [0.5, 0.6) is 11.8 Å². The van der Waals surface area contributed by atoms with Gasteiger partial charge in [-0.2, -0.15) is 9.97 Å². The van der Waals surface area contributed by atoms with E-state index in [4.69, 9.17) is 9.47 Å². The lowest BCUT2D eigenvalue weighted by molar-refractivity contribution is 0.0856. The van der Waals surface area contributed by atoms with Gasteiger partial charge in [0.05, 0.1) is 32.2 Å². The zero-order valence-electron chi connectivity index (χ0n) is 19.1. The van der Waals surface area contributed by atoms with Crippen molar-refractivity contribution in [1.82, 2.24) is 29.4 Å². The van der Waals surface area contributed by atoms with Crippen molar-refractivity contribution in [2.45, 2.75) is 13.5 Å². The normalized spacial score (nSPS) is 14.4. The van der Waals surface area contributed by atoms with Gasteiger partial charge in [0.25, 0.3) is 0 Å². The molecule has 176 valence electrons. The summed E-state index contributed by atoms with van der Waals surface area (Å²) < 4.78 is 41.7. The summed E-state index contributed by atoms with van der Waals surface area (Å²) in [6, 6.07) is 6.32. The Hall–Kier alpha value is -3.66. The van der Waals surface area contributed by atoms with E-state index in [-0.39, 0.29) is 12.6 Å². The van der Waals surface area contributed by atoms with Crippen molar-refractivity contribution in [3.05, 3.63) is 59.6 Å². The third-order valence-corrected chi connectivity index (χ3v) is 5.87. The van der Waals surface area contributed by atoms with Crippen LogP contribution in [0.3, 0.4) is 0 Å². The highest BCUT2D eigenvalue weighted by atomic mass is 19.1. The number of halogens is 2. The lowest BCUT2D eigenvalue weighted by Crippen LogP contribution is -2.46. The summed E-state index contributed by atoms with van der Waals surface area (Å²) in [7, 11) is 3.53. The van der Waals surface area contributed by atoms with Gasteiger partial charge in [-0.05, 0) is 26.1 Å². The number of ether oxygens (including phenoxy) is 2. The van der Waals surface area contributed by atoms with Crippen LogP contribution < -0.4 is 9.47 Å². The molecule has 0 amide bonds. The van der Waals surface area contributed by atoms with Gasteiger partial charge < -0.3 is 18.9 Å². The molecule has 4 aromatic rings. The first-order valence-corrected chi connectivity index (χ1v) is 10.9. The molecule has 1 fully saturated rings. The van der Waals surface area contributed by atoms with E-state index in [9.17, 15) is 4.39 Å². The molecule has 0 atom stereocenters. The summed E-state index contributed by atoms with van der Waals surface area (Å²) >= 11 is 0. The lowest BCUT2D eigenvalue weighted by atomic mass is 10.0. The second-order valence-electron chi connectivity index (χ2n) is 8.53. The van der Waals surface area contributed by atoms with Gasteiger partial charge in [-0.15, -0.1) is 0 Å². The summed E-state index contributed by atoms with van der Waals surface area (Å²) in [5.74, 6) is 0.445. The van der Waals surface area contributed by atoms with Crippen LogP contribution in [0.4, 0.5) is 8.78 Å². The summed E-state index contributed by atoms with van der Waals surface area (Å²) in [6.07, 6.45) is 2.62. The summed E-state index contributed by atoms with van der Waals surface area (Å²) in [5, 5.41) is 0. The van der Waals surface area contributed by atoms with Gasteiger partial charge in [0.15, 0.2) is 5.65 Å². The van der Waals surface area contributed by atoms with Crippen LogP contribution in [-0.4, -0.2) is 63.3 Å². The smallest absolute Gasteiger partial charge is 0.318 e. The molecular formula is C24H24F2N6O2. The number of benzene rings is 1. The molecule has 0 N–H and O–H groups in total. The van der Waals surface area contributed by atoms with Gasteiger partial charge in [0.1, 0.15) is 28.7 Å². The number of rotatable bonds is 7. The first-order chi connectivity index (χ1) is 16.4. The van der Waals surface area contributed by atoms with Gasteiger partial charge in [-0.1, -0.05) is 6.07 Å². The van der Waals surface area contributed by atoms with Crippen LogP contribution in [0, 0.1) is 24.5 Å². The molecule has 0 saturated carbocycles. The van der Waals surface area contributed by atoms with Crippen molar-refractivity contribution in [2.24, 2.45) is 5.92 Å². The van der Waals surface area contributed by atoms with E-state index in [1.807, 2.05) is 0 Å². The van der Waals surface area contributed by atoms with Crippen LogP contribution in [0.25, 0.3) is 22.6 Å². The molecule has 1 aliphatic rings. The second-order valence-corrected chi connectivity index (χ2v) is 8.53. The minimum Gasteiger partial charge on any atom is -0.493 e. The van der Waals surface area contributed by atoms with Gasteiger partial charge in [0.2, 0.25) is 0 Å². The number of imidazole rings is 1. The molecule has 1 saturated heterocycles. The maximum absolute atomic E-state index is 15.1. The van der Waals surface area contributed by atoms with Gasteiger partial charge in [-0.25, -0.2) is 13.8 Å². The Morgan fingerprint density at radius 1 is 1.09 bits per heavy atom. The van der Waals surface area contributed by atoms with Crippen LogP contribution in [0.1, 0.15) is 11.3 Å². The topological polar surface area (TPSA) is 78.2 Å². The molecule has 5 rings (SSSR count). The number of methoxy groups -OCH3 is 1. The SMILES string of the molecule is COc1nc(C)c2nc(-c3cncc(F)c3)n(Cc3ccc(OCC4CN(C)C4)cc3F)c2n1. The number of pyridine rings is 1. The fourth-order valence-electron chi connectivity index (χ4n) is 4.17. The van der Waals surface area contributed by atoms with Crippen molar-refractivity contribution in [3.8, 4) is 23.1 Å². The van der Waals surface area contributed by atoms with Crippen molar-refractivity contribution in [3.63, 3.8) is 0 Å². The van der Waals surface area contributed by atoms with Crippen LogP contribution in [0.15, 0.2) is 36.7 Å². The number of likely N-dealkylation sites (tertiary alicyclic amines) is 1. The van der Waals surface area contributed by atoms with Gasteiger partial charge >= 0.3 is 6.01 Å². The maximum atomic E-state index is 15.1. The fourth-order valence-corrected chi connectivity index (χ4v) is 4.17. The number of aromatic nitrogens is 5. The molecule has 10 heteroatoms. The quantitative estimate of drug-likeness (QED) is 0.413. The minimum absolute atomic E-state index is 0.113. The molecule has 34 heavy (non-hydrogen) atoms. The monoisotopic (exact) mass is 466 g/mol. The summed E-state index contributed by atoms with van der Waals surface area (Å²) in [6.45, 7) is 4.42. The molecule has 0 aliphatic carbocycles. The van der Waals surface area contributed by atoms with Crippen molar-refractivity contribution in [2.75, 3.05) is 33.9 Å². The third-order valence-electron chi connectivity index (χ3n) is 5.87. The van der Waals surface area contributed by atoms with Crippen LogP contribution in [-0.2, 0) is 6.54 Å². The standard InChI is InChI=1S/C24H24F2N6O2/c1-14-21-23(30-24(28-14)33-3)32(22(29-21)17-6-18(25)9-27-8-17)12-16-4-5-19(7-20(16)26)34-13-15-10-31(2)11-15/h4-9,15H,10-13H2,1-3H3. The summed E-state index contributed by atoms with van der Waals surface area (Å²) in [4.78, 5) is 19.5. The number of aryl methyl sites for hydroxylation is 1. The van der Waals surface area contributed by atoms with E-state index < -0.39 is 11.6 Å². The second kappa shape index (κ2) is 8.94. The third kappa shape index (κ3) is 4.28. The van der Waals surface area contributed by atoms with E-state index in [2.05, 4.69) is 31.9 Å². The predicted octanol–water partition coefficient (Wildman–Crippen LogP) is 3.47. The predicted molar refractivity (Wildman–Crippen MR) is 122 cm³/mol. The van der Waals surface area contributed by atoms with Crippen molar-refractivity contribution >= 4 is 11.2 Å². The Morgan fingerprint density at radius 3 is 2.62 bits per heavy atom. The molecule has 1 aromatic carbocycles. The Balaban J connectivity index is 1.51. The highest BCUT2D eigenvalue weighted by Gasteiger charge is 2.24. The number of hydrogen-bond donors (Lipinski definition) is 0. The highest BCUT2D eigenvalue weighted by Crippen LogP contribution is 2.29. The molecule has 0 spiro atoms. The molecule has 0 radical (unpaired) electrons. The van der Waals surface area contributed by atoms with Crippen molar-refractivity contribution in [1.29, 1.82) is 0 Å². The van der Waals surface area contributed by atoms with Crippen LogP contribution in [0.2, 0.25) is 0 Å². The van der Waals surface area contributed by atoms with Gasteiger partial charge in [0, 0.05) is 42.4 Å². The molecule has 8 nitrogen and oxygen atoms in total. The van der Waals surface area contributed by atoms with E-state index in [0.29, 0.717) is 52.1 Å². The minimum atomic E-state index is -0.498. The zero-order chi connectivity index (χ0) is 23.8. The Labute approximate surface area is 195 Å². The average molecular weight is 466 g/mol. The lowest BCUT2D eigenvalue weighted by Gasteiger charge is -2.35. The van der Waals surface area contributed by atoms with E-state index in [1.54, 1.807) is 23.6 Å². The zero-order valence-corrected chi connectivity index (χ0v) is 19.1. The van der Waals surface area contributed by atoms with E-state index >= 15 is 4.39 Å². The molecule has 0 bridgehead atoms. The molecule has 4 heterocycles. The maximum Gasteiger partial charge on any atom is 0.318 e. The molecule has 0 unspecified atom stereocenters. The first kappa shape index (κ1) is 22.1. The fraction of sp³-hybridized carbons (Fsp3) is 0.333. The Morgan fingerprint density at radius 2 is 1.91 bits per heavy atom. The Kier molecular flexibility index (Phi) is 5.82. The average Bonchev–Trinajstić information content (AvgIpc) is 3.16. The molecule has 3 aromatic heterocycles. The molecule has 1 aliphatic heterocycles. The van der Waals surface area contributed by atoms with Gasteiger partial charge in [-0.3, -0.25) is 4.98 Å². The number of hydrogen-bond acceptors (Lipinski definition) is 7. The summed E-state index contributed by atoms with van der Waals surface area (Å²) in [5.41, 5.74) is 2.43. The first-order valence-electron chi connectivity index (χ1n) is 10.9. The van der Waals surface area contributed by atoms with Crippen molar-refractivity contribution < 1.29 is 18.3 Å². The van der Waals surface area contributed by atoms with E-state index in [1.165, 1.54) is 25.4 Å². The highest BCUT2D eigenvalue weighted by molar-refractivity contribution is 5.79. The van der Waals surface area contributed by atoms with Crippen LogP contribution >= 0.6 is 0 Å². The largest absolute Gasteiger partial charge is 0.493 e.